The molecule has 11 aromatic rings. The van der Waals surface area contributed by atoms with Gasteiger partial charge in [-0.05, 0) is 134 Å². The molecule has 11 aromatic carbocycles. The van der Waals surface area contributed by atoms with Crippen LogP contribution in [-0.4, -0.2) is 0 Å². The highest BCUT2D eigenvalue weighted by molar-refractivity contribution is 6.24. The normalized spacial score (nSPS) is 11.4. The third kappa shape index (κ3) is 5.86. The summed E-state index contributed by atoms with van der Waals surface area (Å²) >= 11 is 0. The Hall–Kier alpha value is -7.54. The van der Waals surface area contributed by atoms with Crippen molar-refractivity contribution < 1.29 is 0 Å². The molecule has 0 amide bonds. The summed E-state index contributed by atoms with van der Waals surface area (Å²) in [6, 6.07) is 84.8. The van der Waals surface area contributed by atoms with Gasteiger partial charge < -0.3 is 0 Å². The monoisotopic (exact) mass is 734 g/mol. The van der Waals surface area contributed by atoms with Gasteiger partial charge in [-0.1, -0.05) is 206 Å². The summed E-state index contributed by atoms with van der Waals surface area (Å²) in [5, 5.41) is 9.91. The zero-order valence-corrected chi connectivity index (χ0v) is 31.9. The molecule has 0 N–H and O–H groups in total. The lowest BCUT2D eigenvalue weighted by Gasteiger charge is -2.22. The van der Waals surface area contributed by atoms with E-state index in [2.05, 4.69) is 231 Å². The van der Waals surface area contributed by atoms with Crippen LogP contribution in [0.25, 0.3) is 110 Å². The Balaban J connectivity index is 1.23. The Labute approximate surface area is 339 Å². The van der Waals surface area contributed by atoms with E-state index < -0.39 is 0 Å². The van der Waals surface area contributed by atoms with Crippen LogP contribution in [0.5, 0.6) is 0 Å². The molecule has 0 nitrogen and oxygen atoms in total. The highest BCUT2D eigenvalue weighted by Crippen LogP contribution is 2.49. The molecule has 58 heavy (non-hydrogen) atoms. The van der Waals surface area contributed by atoms with Crippen LogP contribution < -0.4 is 0 Å². The lowest BCUT2D eigenvalue weighted by Crippen LogP contribution is -1.95. The molecular formula is C58H38. The van der Waals surface area contributed by atoms with Gasteiger partial charge in [0.15, 0.2) is 0 Å². The van der Waals surface area contributed by atoms with E-state index in [4.69, 9.17) is 0 Å². The van der Waals surface area contributed by atoms with Crippen molar-refractivity contribution in [3.05, 3.63) is 231 Å². The van der Waals surface area contributed by atoms with Crippen LogP contribution in [0.1, 0.15) is 0 Å². The van der Waals surface area contributed by atoms with E-state index in [0.717, 1.165) is 0 Å². The minimum absolute atomic E-state index is 1.20. The molecule has 0 unspecified atom stereocenters. The summed E-state index contributed by atoms with van der Waals surface area (Å²) in [5.41, 5.74) is 14.7. The zero-order valence-electron chi connectivity index (χ0n) is 31.9. The molecule has 11 rings (SSSR count). The molecule has 0 atom stereocenters. The van der Waals surface area contributed by atoms with Gasteiger partial charge in [0.25, 0.3) is 0 Å². The number of rotatable bonds is 6. The van der Waals surface area contributed by atoms with Crippen molar-refractivity contribution in [3.8, 4) is 66.8 Å². The maximum Gasteiger partial charge on any atom is -0.00197 e. The van der Waals surface area contributed by atoms with Gasteiger partial charge >= 0.3 is 0 Å². The van der Waals surface area contributed by atoms with Crippen LogP contribution in [0.15, 0.2) is 231 Å². The predicted molar refractivity (Wildman–Crippen MR) is 249 cm³/mol. The van der Waals surface area contributed by atoms with Crippen molar-refractivity contribution in [1.82, 2.24) is 0 Å². The average Bonchev–Trinajstić information content (AvgIpc) is 3.30. The Kier molecular flexibility index (Phi) is 8.26. The van der Waals surface area contributed by atoms with Gasteiger partial charge in [0.1, 0.15) is 0 Å². The molecule has 0 radical (unpaired) electrons. The van der Waals surface area contributed by atoms with Crippen molar-refractivity contribution in [2.24, 2.45) is 0 Å². The van der Waals surface area contributed by atoms with Gasteiger partial charge in [-0.25, -0.2) is 0 Å². The van der Waals surface area contributed by atoms with Crippen LogP contribution >= 0.6 is 0 Å². The minimum atomic E-state index is 1.20. The van der Waals surface area contributed by atoms with Gasteiger partial charge in [-0.15, -0.1) is 0 Å². The number of hydrogen-bond acceptors (Lipinski definition) is 0. The third-order valence-corrected chi connectivity index (χ3v) is 11.8. The second-order valence-electron chi connectivity index (χ2n) is 15.2. The van der Waals surface area contributed by atoms with Gasteiger partial charge in [0.05, 0.1) is 0 Å². The minimum Gasteiger partial charge on any atom is -0.0622 e. The molecule has 0 aromatic heterocycles. The molecule has 0 heterocycles. The molecular weight excluding hydrogens is 697 g/mol. The summed E-state index contributed by atoms with van der Waals surface area (Å²) in [4.78, 5) is 0. The van der Waals surface area contributed by atoms with Crippen LogP contribution in [0.2, 0.25) is 0 Å². The lowest BCUT2D eigenvalue weighted by molar-refractivity contribution is 1.58. The summed E-state index contributed by atoms with van der Waals surface area (Å²) in [7, 11) is 0. The first-order valence-electron chi connectivity index (χ1n) is 20.1. The summed E-state index contributed by atoms with van der Waals surface area (Å²) in [5.74, 6) is 0. The molecule has 0 aliphatic heterocycles. The molecule has 0 saturated carbocycles. The number of benzene rings is 11. The molecule has 0 saturated heterocycles. The van der Waals surface area contributed by atoms with Crippen LogP contribution in [0, 0.1) is 0 Å². The first-order valence-corrected chi connectivity index (χ1v) is 20.1. The fourth-order valence-corrected chi connectivity index (χ4v) is 9.04. The lowest BCUT2D eigenvalue weighted by atomic mass is 9.81. The first kappa shape index (κ1) is 33.8. The molecule has 0 bridgehead atoms. The van der Waals surface area contributed by atoms with Crippen LogP contribution in [-0.2, 0) is 0 Å². The second kappa shape index (κ2) is 14.2. The highest BCUT2D eigenvalue weighted by atomic mass is 14.2. The quantitative estimate of drug-likeness (QED) is 0.149. The van der Waals surface area contributed by atoms with Crippen molar-refractivity contribution in [2.45, 2.75) is 0 Å². The molecule has 0 aliphatic rings. The Morgan fingerprint density at radius 1 is 0.172 bits per heavy atom. The zero-order chi connectivity index (χ0) is 38.4. The topological polar surface area (TPSA) is 0 Å². The third-order valence-electron chi connectivity index (χ3n) is 11.8. The van der Waals surface area contributed by atoms with Crippen molar-refractivity contribution in [1.29, 1.82) is 0 Å². The van der Waals surface area contributed by atoms with E-state index in [9.17, 15) is 0 Å². The maximum atomic E-state index is 2.45. The predicted octanol–water partition coefficient (Wildman–Crippen LogP) is 16.3. The van der Waals surface area contributed by atoms with E-state index in [1.54, 1.807) is 0 Å². The largest absolute Gasteiger partial charge is 0.0622 e. The van der Waals surface area contributed by atoms with E-state index in [-0.39, 0.29) is 0 Å². The highest BCUT2D eigenvalue weighted by Gasteiger charge is 2.22. The standard InChI is InChI=1S/C58H38/c1-3-15-39(16-4-1)41-27-30-43(31-28-41)49-23-11-12-24-50(49)57-51-25-13-14-26-52(51)58(56-37-46-22-10-9-21-45(46)36-54(56)42-18-5-2-6-19-42)55-38-48(33-34-53(55)57)47-32-29-40-17-7-8-20-44(40)35-47/h1-38H. The van der Waals surface area contributed by atoms with E-state index >= 15 is 0 Å². The smallest absolute Gasteiger partial charge is 0.00197 e. The number of hydrogen-bond donors (Lipinski definition) is 0. The Morgan fingerprint density at radius 2 is 0.586 bits per heavy atom. The summed E-state index contributed by atoms with van der Waals surface area (Å²) < 4.78 is 0. The second-order valence-corrected chi connectivity index (χ2v) is 15.2. The fourth-order valence-electron chi connectivity index (χ4n) is 9.04. The van der Waals surface area contributed by atoms with E-state index in [1.807, 2.05) is 0 Å². The molecule has 0 spiro atoms. The van der Waals surface area contributed by atoms with Gasteiger partial charge in [-0.3, -0.25) is 0 Å². The number of fused-ring (bicyclic) bond motifs is 4. The van der Waals surface area contributed by atoms with Crippen molar-refractivity contribution in [2.75, 3.05) is 0 Å². The molecule has 0 heteroatoms. The van der Waals surface area contributed by atoms with Crippen LogP contribution in [0.3, 0.4) is 0 Å². The fraction of sp³-hybridized carbons (Fsp3) is 0. The van der Waals surface area contributed by atoms with E-state index in [1.165, 1.54) is 110 Å². The van der Waals surface area contributed by atoms with Gasteiger partial charge in [-0.2, -0.15) is 0 Å². The maximum absolute atomic E-state index is 2.45. The molecule has 0 aliphatic carbocycles. The van der Waals surface area contributed by atoms with Gasteiger partial charge in [0, 0.05) is 0 Å². The summed E-state index contributed by atoms with van der Waals surface area (Å²) in [6.07, 6.45) is 0. The summed E-state index contributed by atoms with van der Waals surface area (Å²) in [6.45, 7) is 0. The van der Waals surface area contributed by atoms with Gasteiger partial charge in [0.2, 0.25) is 0 Å². The molecule has 0 fully saturated rings. The Bertz CT molecular complexity index is 3300. The SMILES string of the molecule is c1ccc(-c2ccc(-c3ccccc3-c3c4ccccc4c(-c4cc5ccccc5cc4-c4ccccc4)c4cc(-c5ccc6ccccc6c5)ccc34)cc2)cc1. The first-order chi connectivity index (χ1) is 28.8. The Morgan fingerprint density at radius 3 is 1.28 bits per heavy atom. The van der Waals surface area contributed by atoms with Crippen molar-refractivity contribution in [3.63, 3.8) is 0 Å². The average molecular weight is 735 g/mol. The van der Waals surface area contributed by atoms with Crippen molar-refractivity contribution >= 4 is 43.1 Å². The molecule has 270 valence electrons. The van der Waals surface area contributed by atoms with E-state index in [0.29, 0.717) is 0 Å². The van der Waals surface area contributed by atoms with Crippen LogP contribution in [0.4, 0.5) is 0 Å².